The minimum atomic E-state index is -0.434. The lowest BCUT2D eigenvalue weighted by Gasteiger charge is -2.45. The molecule has 0 aromatic carbocycles. The summed E-state index contributed by atoms with van der Waals surface area (Å²) in [6.07, 6.45) is 6.11. The molecule has 0 spiro atoms. The summed E-state index contributed by atoms with van der Waals surface area (Å²) in [6, 6.07) is 3.47. The highest BCUT2D eigenvalue weighted by atomic mass is 16.1. The molecule has 2 aliphatic rings. The van der Waals surface area contributed by atoms with E-state index in [-0.39, 0.29) is 5.56 Å². The summed E-state index contributed by atoms with van der Waals surface area (Å²) in [5.41, 5.74) is 10.9. The summed E-state index contributed by atoms with van der Waals surface area (Å²) in [4.78, 5) is 14.4. The van der Waals surface area contributed by atoms with Crippen LogP contribution >= 0.6 is 0 Å². The normalized spacial score (nSPS) is 32.1. The van der Waals surface area contributed by atoms with E-state index in [1.54, 1.807) is 6.07 Å². The number of allylic oxidation sites excluding steroid dienone is 2. The maximum atomic E-state index is 11.5. The van der Waals surface area contributed by atoms with Crippen LogP contribution in [0.5, 0.6) is 0 Å². The molecular weight excluding hydrogens is 224 g/mol. The summed E-state index contributed by atoms with van der Waals surface area (Å²) in [5, 5.41) is 0. The molecule has 2 atom stereocenters. The average molecular weight is 242 g/mol. The van der Waals surface area contributed by atoms with Gasteiger partial charge < -0.3 is 10.7 Å². The van der Waals surface area contributed by atoms with Gasteiger partial charge >= 0.3 is 0 Å². The predicted octanol–water partition coefficient (Wildman–Crippen LogP) is 2.00. The molecule has 3 N–H and O–H groups in total. The number of aromatic amines is 1. The number of aromatic nitrogens is 1. The lowest BCUT2D eigenvalue weighted by molar-refractivity contribution is 0.409. The average Bonchev–Trinajstić information content (AvgIpc) is 2.26. The first-order chi connectivity index (χ1) is 8.54. The van der Waals surface area contributed by atoms with Gasteiger partial charge in [-0.3, -0.25) is 4.79 Å². The maximum Gasteiger partial charge on any atom is 0.248 e. The van der Waals surface area contributed by atoms with Gasteiger partial charge in [-0.2, -0.15) is 0 Å². The van der Waals surface area contributed by atoms with E-state index in [9.17, 15) is 4.79 Å². The van der Waals surface area contributed by atoms with Crippen molar-refractivity contribution < 1.29 is 0 Å². The third-order valence-corrected chi connectivity index (χ3v) is 4.17. The van der Waals surface area contributed by atoms with Crippen molar-refractivity contribution in [3.8, 4) is 0 Å². The highest BCUT2D eigenvalue weighted by Gasteiger charge is 2.43. The first-order valence-electron chi connectivity index (χ1n) is 6.40. The third-order valence-electron chi connectivity index (χ3n) is 4.17. The van der Waals surface area contributed by atoms with Crippen molar-refractivity contribution in [2.24, 2.45) is 11.7 Å². The van der Waals surface area contributed by atoms with Crippen LogP contribution < -0.4 is 11.3 Å². The zero-order valence-corrected chi connectivity index (χ0v) is 10.8. The standard InChI is InChI=1S/C15H18N2O/c1-3-11-10-6-9(2)8-15(11,16)12-4-5-14(18)17-13(12)7-10/h3-6,10H,7-8,16H2,1-2H3,(H,17,18)/b11-3+/t10-,15+/m1/s1. The fourth-order valence-corrected chi connectivity index (χ4v) is 3.57. The quantitative estimate of drug-likeness (QED) is 0.684. The van der Waals surface area contributed by atoms with Gasteiger partial charge in [0, 0.05) is 17.7 Å². The number of nitrogens with one attached hydrogen (secondary N) is 1. The molecule has 2 aliphatic carbocycles. The molecule has 1 aromatic heterocycles. The van der Waals surface area contributed by atoms with Gasteiger partial charge in [0.1, 0.15) is 0 Å². The summed E-state index contributed by atoms with van der Waals surface area (Å²) in [7, 11) is 0. The van der Waals surface area contributed by atoms with Crippen LogP contribution in [0.15, 0.2) is 40.2 Å². The Bertz CT molecular complexity index is 624. The highest BCUT2D eigenvalue weighted by molar-refractivity contribution is 5.48. The smallest absolute Gasteiger partial charge is 0.248 e. The van der Waals surface area contributed by atoms with Crippen LogP contribution in [-0.2, 0) is 12.0 Å². The van der Waals surface area contributed by atoms with E-state index in [0.29, 0.717) is 5.92 Å². The van der Waals surface area contributed by atoms with Crippen LogP contribution in [-0.4, -0.2) is 4.98 Å². The minimum Gasteiger partial charge on any atom is -0.326 e. The number of fused-ring (bicyclic) bond motifs is 4. The second-order valence-corrected chi connectivity index (χ2v) is 5.43. The molecular formula is C15H18N2O. The Hall–Kier alpha value is -1.61. The van der Waals surface area contributed by atoms with Gasteiger partial charge in [0.15, 0.2) is 0 Å². The van der Waals surface area contributed by atoms with Crippen molar-refractivity contribution in [1.29, 1.82) is 0 Å². The Morgan fingerprint density at radius 3 is 3.00 bits per heavy atom. The summed E-state index contributed by atoms with van der Waals surface area (Å²) >= 11 is 0. The lowest BCUT2D eigenvalue weighted by Crippen LogP contribution is -2.48. The zero-order chi connectivity index (χ0) is 12.9. The monoisotopic (exact) mass is 242 g/mol. The van der Waals surface area contributed by atoms with Gasteiger partial charge in [0.05, 0.1) is 5.54 Å². The fraction of sp³-hybridized carbons (Fsp3) is 0.400. The summed E-state index contributed by atoms with van der Waals surface area (Å²) in [5.74, 6) is 0.333. The zero-order valence-electron chi connectivity index (χ0n) is 10.8. The third kappa shape index (κ3) is 1.44. The molecule has 1 heterocycles. The molecule has 0 radical (unpaired) electrons. The van der Waals surface area contributed by atoms with Crippen molar-refractivity contribution in [3.05, 3.63) is 57.0 Å². The molecule has 0 amide bonds. The number of hydrogen-bond acceptors (Lipinski definition) is 2. The number of nitrogens with two attached hydrogens (primary N) is 1. The molecule has 3 rings (SSSR count). The van der Waals surface area contributed by atoms with Crippen LogP contribution in [0.25, 0.3) is 0 Å². The second-order valence-electron chi connectivity index (χ2n) is 5.43. The first kappa shape index (κ1) is 11.5. The van der Waals surface area contributed by atoms with E-state index in [1.165, 1.54) is 11.1 Å². The van der Waals surface area contributed by atoms with Crippen molar-refractivity contribution in [1.82, 2.24) is 4.98 Å². The molecule has 2 bridgehead atoms. The Balaban J connectivity index is 2.28. The molecule has 1 aromatic rings. The Kier molecular flexibility index (Phi) is 2.35. The molecule has 3 heteroatoms. The van der Waals surface area contributed by atoms with E-state index >= 15 is 0 Å². The number of pyridine rings is 1. The second kappa shape index (κ2) is 3.69. The van der Waals surface area contributed by atoms with Crippen molar-refractivity contribution in [2.75, 3.05) is 0 Å². The molecule has 18 heavy (non-hydrogen) atoms. The fourth-order valence-electron chi connectivity index (χ4n) is 3.57. The Labute approximate surface area is 106 Å². The van der Waals surface area contributed by atoms with Crippen LogP contribution in [0.2, 0.25) is 0 Å². The van der Waals surface area contributed by atoms with E-state index in [4.69, 9.17) is 5.73 Å². The topological polar surface area (TPSA) is 58.9 Å². The SMILES string of the molecule is C/C=C1\[C@@H]2C=C(C)C[C@@]1(N)c1ccc(=O)[nH]c1C2. The van der Waals surface area contributed by atoms with E-state index in [2.05, 4.69) is 31.0 Å². The van der Waals surface area contributed by atoms with Crippen LogP contribution in [0, 0.1) is 5.92 Å². The molecule has 3 nitrogen and oxygen atoms in total. The predicted molar refractivity (Wildman–Crippen MR) is 72.3 cm³/mol. The molecule has 0 saturated heterocycles. The Morgan fingerprint density at radius 2 is 2.28 bits per heavy atom. The van der Waals surface area contributed by atoms with Gasteiger partial charge in [0.2, 0.25) is 5.56 Å². The first-order valence-corrected chi connectivity index (χ1v) is 6.40. The van der Waals surface area contributed by atoms with Crippen molar-refractivity contribution in [3.63, 3.8) is 0 Å². The molecule has 94 valence electrons. The highest BCUT2D eigenvalue weighted by Crippen LogP contribution is 2.47. The number of H-pyrrole nitrogens is 1. The van der Waals surface area contributed by atoms with Gasteiger partial charge in [-0.25, -0.2) is 0 Å². The largest absolute Gasteiger partial charge is 0.326 e. The van der Waals surface area contributed by atoms with E-state index in [1.807, 2.05) is 6.07 Å². The molecule has 0 saturated carbocycles. The van der Waals surface area contributed by atoms with E-state index < -0.39 is 5.54 Å². The van der Waals surface area contributed by atoms with Gasteiger partial charge in [0.25, 0.3) is 0 Å². The van der Waals surface area contributed by atoms with Gasteiger partial charge in [-0.1, -0.05) is 17.7 Å². The summed E-state index contributed by atoms with van der Waals surface area (Å²) in [6.45, 7) is 4.19. The lowest BCUT2D eigenvalue weighted by atomic mass is 9.63. The van der Waals surface area contributed by atoms with E-state index in [0.717, 1.165) is 24.1 Å². The Morgan fingerprint density at radius 1 is 1.50 bits per heavy atom. The number of rotatable bonds is 0. The van der Waals surface area contributed by atoms with Gasteiger partial charge in [-0.15, -0.1) is 0 Å². The van der Waals surface area contributed by atoms with Gasteiger partial charge in [-0.05, 0) is 43.9 Å². The molecule has 0 fully saturated rings. The van der Waals surface area contributed by atoms with Crippen LogP contribution in [0.4, 0.5) is 0 Å². The summed E-state index contributed by atoms with van der Waals surface area (Å²) < 4.78 is 0. The maximum absolute atomic E-state index is 11.5. The minimum absolute atomic E-state index is 0.0416. The van der Waals surface area contributed by atoms with Crippen molar-refractivity contribution in [2.45, 2.75) is 32.2 Å². The molecule has 0 aliphatic heterocycles. The van der Waals surface area contributed by atoms with Crippen molar-refractivity contribution >= 4 is 0 Å². The molecule has 0 unspecified atom stereocenters. The van der Waals surface area contributed by atoms with Crippen LogP contribution in [0.3, 0.4) is 0 Å². The number of hydrogen-bond donors (Lipinski definition) is 2. The van der Waals surface area contributed by atoms with Crippen LogP contribution in [0.1, 0.15) is 31.5 Å².